The highest BCUT2D eigenvalue weighted by atomic mass is 16.5. The van der Waals surface area contributed by atoms with Gasteiger partial charge in [0, 0.05) is 25.1 Å². The van der Waals surface area contributed by atoms with Crippen LogP contribution < -0.4 is 10.5 Å². The number of aryl methyl sites for hydroxylation is 1. The minimum atomic E-state index is 0.272. The zero-order chi connectivity index (χ0) is 12.4. The third kappa shape index (κ3) is 2.00. The Hall–Kier alpha value is -1.55. The van der Waals surface area contributed by atoms with Gasteiger partial charge in [-0.15, -0.1) is 0 Å². The van der Waals surface area contributed by atoms with Crippen molar-refractivity contribution in [3.05, 3.63) is 24.0 Å². The van der Waals surface area contributed by atoms with E-state index in [2.05, 4.69) is 29.5 Å². The Labute approximate surface area is 101 Å². The van der Waals surface area contributed by atoms with E-state index in [0.717, 1.165) is 29.2 Å². The first-order valence-corrected chi connectivity index (χ1v) is 5.95. The number of nitrogens with zero attached hydrogens (tertiary/aromatic N) is 2. The number of rotatable bonds is 4. The molecule has 2 rings (SSSR count). The van der Waals surface area contributed by atoms with Gasteiger partial charge in [0.2, 0.25) is 0 Å². The average Bonchev–Trinajstić information content (AvgIpc) is 2.74. The van der Waals surface area contributed by atoms with Crippen LogP contribution in [0.5, 0.6) is 5.75 Å². The third-order valence-corrected chi connectivity index (χ3v) is 3.10. The molecule has 0 aliphatic heterocycles. The Morgan fingerprint density at radius 1 is 1.47 bits per heavy atom. The molecule has 0 radical (unpaired) electrons. The molecule has 2 aromatic rings. The van der Waals surface area contributed by atoms with Gasteiger partial charge in [0.05, 0.1) is 18.1 Å². The van der Waals surface area contributed by atoms with Crippen LogP contribution >= 0.6 is 0 Å². The van der Waals surface area contributed by atoms with Crippen molar-refractivity contribution in [2.45, 2.75) is 26.3 Å². The van der Waals surface area contributed by atoms with Gasteiger partial charge < -0.3 is 15.0 Å². The van der Waals surface area contributed by atoms with E-state index >= 15 is 0 Å². The largest absolute Gasteiger partial charge is 0.497 e. The van der Waals surface area contributed by atoms with Crippen LogP contribution in [0.25, 0.3) is 11.0 Å². The minimum absolute atomic E-state index is 0.272. The quantitative estimate of drug-likeness (QED) is 0.880. The zero-order valence-corrected chi connectivity index (χ0v) is 10.6. The van der Waals surface area contributed by atoms with Crippen molar-refractivity contribution in [3.63, 3.8) is 0 Å². The average molecular weight is 233 g/mol. The first kappa shape index (κ1) is 11.9. The maximum atomic E-state index is 5.73. The molecule has 1 heterocycles. The molecule has 4 nitrogen and oxygen atoms in total. The second kappa shape index (κ2) is 4.75. The van der Waals surface area contributed by atoms with E-state index in [-0.39, 0.29) is 5.92 Å². The van der Waals surface area contributed by atoms with Gasteiger partial charge in [0.1, 0.15) is 11.6 Å². The predicted molar refractivity (Wildman–Crippen MR) is 69.4 cm³/mol. The first-order valence-electron chi connectivity index (χ1n) is 5.95. The number of methoxy groups -OCH3 is 1. The number of benzene rings is 1. The van der Waals surface area contributed by atoms with Crippen molar-refractivity contribution in [1.82, 2.24) is 9.55 Å². The van der Waals surface area contributed by atoms with Crippen LogP contribution in [-0.4, -0.2) is 23.2 Å². The zero-order valence-electron chi connectivity index (χ0n) is 10.6. The summed E-state index contributed by atoms with van der Waals surface area (Å²) in [5.74, 6) is 2.16. The highest BCUT2D eigenvalue weighted by Crippen LogP contribution is 2.24. The number of ether oxygens (including phenoxy) is 1. The monoisotopic (exact) mass is 233 g/mol. The summed E-state index contributed by atoms with van der Waals surface area (Å²) >= 11 is 0. The van der Waals surface area contributed by atoms with E-state index in [0.29, 0.717) is 6.54 Å². The fourth-order valence-corrected chi connectivity index (χ4v) is 2.07. The number of fused-ring (bicyclic) bond motifs is 1. The minimum Gasteiger partial charge on any atom is -0.497 e. The van der Waals surface area contributed by atoms with Crippen LogP contribution in [0.1, 0.15) is 25.6 Å². The number of hydrogen-bond acceptors (Lipinski definition) is 3. The smallest absolute Gasteiger partial charge is 0.121 e. The summed E-state index contributed by atoms with van der Waals surface area (Å²) in [5.41, 5.74) is 7.84. The second-order valence-corrected chi connectivity index (χ2v) is 4.21. The second-order valence-electron chi connectivity index (χ2n) is 4.21. The summed E-state index contributed by atoms with van der Waals surface area (Å²) in [5, 5.41) is 0. The van der Waals surface area contributed by atoms with Gasteiger partial charge in [-0.2, -0.15) is 0 Å². The van der Waals surface area contributed by atoms with E-state index in [1.807, 2.05) is 12.1 Å². The van der Waals surface area contributed by atoms with Gasteiger partial charge in [-0.1, -0.05) is 6.92 Å². The maximum Gasteiger partial charge on any atom is 0.121 e. The van der Waals surface area contributed by atoms with Gasteiger partial charge >= 0.3 is 0 Å². The van der Waals surface area contributed by atoms with Crippen LogP contribution in [0.4, 0.5) is 0 Å². The standard InChI is InChI=1S/C13H19N3O/c1-4-16-12-6-5-10(17-3)7-11(12)15-13(16)9(2)8-14/h5-7,9H,4,8,14H2,1-3H3. The highest BCUT2D eigenvalue weighted by Gasteiger charge is 2.14. The molecule has 92 valence electrons. The Balaban J connectivity index is 2.61. The number of aromatic nitrogens is 2. The Kier molecular flexibility index (Phi) is 3.33. The molecule has 4 heteroatoms. The molecule has 0 aliphatic rings. The van der Waals surface area contributed by atoms with Gasteiger partial charge in [0.15, 0.2) is 0 Å². The summed E-state index contributed by atoms with van der Waals surface area (Å²) in [6, 6.07) is 5.98. The van der Waals surface area contributed by atoms with Crippen molar-refractivity contribution >= 4 is 11.0 Å². The molecule has 0 amide bonds. The fourth-order valence-electron chi connectivity index (χ4n) is 2.07. The molecule has 0 bridgehead atoms. The maximum absolute atomic E-state index is 5.73. The summed E-state index contributed by atoms with van der Waals surface area (Å²) < 4.78 is 7.43. The lowest BCUT2D eigenvalue weighted by Gasteiger charge is -2.10. The van der Waals surface area contributed by atoms with Crippen LogP contribution in [0.3, 0.4) is 0 Å². The predicted octanol–water partition coefficient (Wildman–Crippen LogP) is 2.13. The van der Waals surface area contributed by atoms with E-state index in [9.17, 15) is 0 Å². The van der Waals surface area contributed by atoms with Crippen molar-refractivity contribution in [2.75, 3.05) is 13.7 Å². The molecule has 0 fully saturated rings. The summed E-state index contributed by atoms with van der Waals surface area (Å²) in [4.78, 5) is 4.67. The summed E-state index contributed by atoms with van der Waals surface area (Å²) in [6.07, 6.45) is 0. The highest BCUT2D eigenvalue weighted by molar-refractivity contribution is 5.78. The molecule has 0 saturated heterocycles. The van der Waals surface area contributed by atoms with Crippen LogP contribution in [0, 0.1) is 0 Å². The molecule has 1 atom stereocenters. The van der Waals surface area contributed by atoms with E-state index < -0.39 is 0 Å². The van der Waals surface area contributed by atoms with E-state index in [4.69, 9.17) is 10.5 Å². The topological polar surface area (TPSA) is 53.1 Å². The lowest BCUT2D eigenvalue weighted by atomic mass is 10.2. The normalized spacial score (nSPS) is 12.9. The molecule has 1 aromatic heterocycles. The van der Waals surface area contributed by atoms with Crippen molar-refractivity contribution < 1.29 is 4.74 Å². The fraction of sp³-hybridized carbons (Fsp3) is 0.462. The van der Waals surface area contributed by atoms with Crippen molar-refractivity contribution in [2.24, 2.45) is 5.73 Å². The number of imidazole rings is 1. The van der Waals surface area contributed by atoms with Gasteiger partial charge in [-0.3, -0.25) is 0 Å². The van der Waals surface area contributed by atoms with Crippen LogP contribution in [0.2, 0.25) is 0 Å². The van der Waals surface area contributed by atoms with Crippen molar-refractivity contribution in [1.29, 1.82) is 0 Å². The SMILES string of the molecule is CCn1c(C(C)CN)nc2cc(OC)ccc21. The molecular weight excluding hydrogens is 214 g/mol. The number of hydrogen-bond donors (Lipinski definition) is 1. The number of nitrogens with two attached hydrogens (primary N) is 1. The molecule has 17 heavy (non-hydrogen) atoms. The van der Waals surface area contributed by atoms with E-state index in [1.54, 1.807) is 7.11 Å². The van der Waals surface area contributed by atoms with Gasteiger partial charge in [-0.25, -0.2) is 4.98 Å². The van der Waals surface area contributed by atoms with Gasteiger partial charge in [0.25, 0.3) is 0 Å². The first-order chi connectivity index (χ1) is 8.21. The Bertz CT molecular complexity index is 519. The van der Waals surface area contributed by atoms with Crippen LogP contribution in [-0.2, 0) is 6.54 Å². The molecule has 1 unspecified atom stereocenters. The Morgan fingerprint density at radius 2 is 2.24 bits per heavy atom. The van der Waals surface area contributed by atoms with Gasteiger partial charge in [-0.05, 0) is 19.1 Å². The molecule has 0 spiro atoms. The lowest BCUT2D eigenvalue weighted by molar-refractivity contribution is 0.415. The summed E-state index contributed by atoms with van der Waals surface area (Å²) in [6.45, 7) is 5.74. The molecule has 2 N–H and O–H groups in total. The Morgan fingerprint density at radius 3 is 2.82 bits per heavy atom. The van der Waals surface area contributed by atoms with Crippen LogP contribution in [0.15, 0.2) is 18.2 Å². The third-order valence-electron chi connectivity index (χ3n) is 3.10. The van der Waals surface area contributed by atoms with E-state index in [1.165, 1.54) is 0 Å². The van der Waals surface area contributed by atoms with Crippen molar-refractivity contribution in [3.8, 4) is 5.75 Å². The molecule has 0 saturated carbocycles. The summed E-state index contributed by atoms with van der Waals surface area (Å²) in [7, 11) is 1.67. The molecule has 0 aliphatic carbocycles. The molecular formula is C13H19N3O. The molecule has 1 aromatic carbocycles. The lowest BCUT2D eigenvalue weighted by Crippen LogP contribution is -2.14.